The molecule has 1 aromatic carbocycles. The number of rotatable bonds is 7. The number of aryl methyl sites for hydroxylation is 1. The molecule has 186 valence electrons. The number of carbonyl (C=O) groups excluding carboxylic acids is 2. The number of benzene rings is 1. The van der Waals surface area contributed by atoms with Gasteiger partial charge in [-0.25, -0.2) is 19.6 Å². The molecule has 0 fully saturated rings. The van der Waals surface area contributed by atoms with Crippen molar-refractivity contribution < 1.29 is 14.3 Å². The predicted octanol–water partition coefficient (Wildman–Crippen LogP) is 2.62. The quantitative estimate of drug-likeness (QED) is 0.299. The summed E-state index contributed by atoms with van der Waals surface area (Å²) < 4.78 is 7.41. The van der Waals surface area contributed by atoms with E-state index in [0.717, 1.165) is 22.7 Å². The highest BCUT2D eigenvalue weighted by atomic mass is 32.2. The second kappa shape index (κ2) is 10.4. The monoisotopic (exact) mass is 499 g/mol. The first-order chi connectivity index (χ1) is 16.4. The van der Waals surface area contributed by atoms with E-state index in [1.54, 1.807) is 31.3 Å². The molecule has 0 aliphatic heterocycles. The number of aromatic nitrogens is 4. The molecule has 0 bridgehead atoms. The molecule has 1 N–H and O–H groups in total. The molecule has 0 atom stereocenters. The van der Waals surface area contributed by atoms with Crippen LogP contribution in [0.4, 0.5) is 5.69 Å². The standard InChI is InChI=1S/C24H29N5O5S/c1-7-12-34-21(32)14-8-10-15(11-9-14)25-16(30)13-35-19-17-18(26-22(27-19)24(2,3)4)28(5)23(33)29(6)20(17)31/h8-11H,7,12-13H2,1-6H3,(H,25,30). The second-order valence-corrected chi connectivity index (χ2v) is 10.0. The third-order valence-electron chi connectivity index (χ3n) is 5.12. The number of nitrogens with zero attached hydrogens (tertiary/aromatic N) is 4. The van der Waals surface area contributed by atoms with Crippen LogP contribution in [0.5, 0.6) is 0 Å². The maximum atomic E-state index is 12.9. The van der Waals surface area contributed by atoms with Gasteiger partial charge in [0.25, 0.3) is 5.56 Å². The number of ether oxygens (including phenoxy) is 1. The van der Waals surface area contributed by atoms with Crippen LogP contribution in [0.25, 0.3) is 11.0 Å². The predicted molar refractivity (Wildman–Crippen MR) is 135 cm³/mol. The lowest BCUT2D eigenvalue weighted by Crippen LogP contribution is -2.38. The van der Waals surface area contributed by atoms with Gasteiger partial charge in [0.15, 0.2) is 5.65 Å². The van der Waals surface area contributed by atoms with Crippen molar-refractivity contribution in [1.82, 2.24) is 19.1 Å². The largest absolute Gasteiger partial charge is 0.462 e. The zero-order valence-corrected chi connectivity index (χ0v) is 21.5. The number of hydrogen-bond donors (Lipinski definition) is 1. The lowest BCUT2D eigenvalue weighted by Gasteiger charge is -2.19. The van der Waals surface area contributed by atoms with Gasteiger partial charge in [0.05, 0.1) is 17.9 Å². The average molecular weight is 500 g/mol. The average Bonchev–Trinajstić information content (AvgIpc) is 2.82. The van der Waals surface area contributed by atoms with Gasteiger partial charge < -0.3 is 10.1 Å². The van der Waals surface area contributed by atoms with Crippen LogP contribution in [0.15, 0.2) is 38.9 Å². The van der Waals surface area contributed by atoms with Gasteiger partial charge in [0, 0.05) is 25.2 Å². The molecular weight excluding hydrogens is 470 g/mol. The molecule has 0 saturated carbocycles. The van der Waals surface area contributed by atoms with Crippen molar-refractivity contribution >= 4 is 40.4 Å². The Labute approximate surface area is 206 Å². The Morgan fingerprint density at radius 3 is 2.31 bits per heavy atom. The maximum absolute atomic E-state index is 12.9. The summed E-state index contributed by atoms with van der Waals surface area (Å²) in [5.41, 5.74) is -0.304. The van der Waals surface area contributed by atoms with Crippen LogP contribution in [0.2, 0.25) is 0 Å². The second-order valence-electron chi connectivity index (χ2n) is 9.06. The third kappa shape index (κ3) is 5.79. The number of amides is 1. The molecule has 0 saturated heterocycles. The molecule has 0 aliphatic carbocycles. The summed E-state index contributed by atoms with van der Waals surface area (Å²) in [4.78, 5) is 58.9. The molecule has 10 nitrogen and oxygen atoms in total. The Balaban J connectivity index is 1.84. The van der Waals surface area contributed by atoms with E-state index in [9.17, 15) is 19.2 Å². The summed E-state index contributed by atoms with van der Waals surface area (Å²) in [7, 11) is 2.94. The Morgan fingerprint density at radius 1 is 1.06 bits per heavy atom. The summed E-state index contributed by atoms with van der Waals surface area (Å²) in [6.45, 7) is 8.04. The molecule has 3 aromatic rings. The molecule has 0 radical (unpaired) electrons. The molecule has 11 heteroatoms. The lowest BCUT2D eigenvalue weighted by molar-refractivity contribution is -0.113. The Morgan fingerprint density at radius 2 is 1.71 bits per heavy atom. The van der Waals surface area contributed by atoms with Gasteiger partial charge in [-0.05, 0) is 30.7 Å². The minimum atomic E-state index is -0.517. The fourth-order valence-electron chi connectivity index (χ4n) is 3.17. The molecule has 3 rings (SSSR count). The summed E-state index contributed by atoms with van der Waals surface area (Å²) in [6, 6.07) is 6.40. The number of nitrogens with one attached hydrogen (secondary N) is 1. The van der Waals surface area contributed by atoms with Gasteiger partial charge in [-0.2, -0.15) is 0 Å². The highest BCUT2D eigenvalue weighted by molar-refractivity contribution is 8.00. The van der Waals surface area contributed by atoms with E-state index in [-0.39, 0.29) is 22.7 Å². The van der Waals surface area contributed by atoms with Gasteiger partial charge in [-0.3, -0.25) is 18.7 Å². The smallest absolute Gasteiger partial charge is 0.338 e. The molecule has 2 aromatic heterocycles. The number of thioether (sulfide) groups is 1. The van der Waals surface area contributed by atoms with Crippen LogP contribution < -0.4 is 16.6 Å². The number of hydrogen-bond acceptors (Lipinski definition) is 8. The van der Waals surface area contributed by atoms with Gasteiger partial charge in [-0.1, -0.05) is 39.5 Å². The zero-order valence-electron chi connectivity index (χ0n) is 20.7. The van der Waals surface area contributed by atoms with Crippen molar-refractivity contribution in [3.8, 4) is 0 Å². The maximum Gasteiger partial charge on any atom is 0.338 e. The number of fused-ring (bicyclic) bond motifs is 1. The minimum absolute atomic E-state index is 0.0258. The van der Waals surface area contributed by atoms with Gasteiger partial charge >= 0.3 is 11.7 Å². The van der Waals surface area contributed by atoms with Crippen LogP contribution in [-0.4, -0.2) is 43.3 Å². The highest BCUT2D eigenvalue weighted by Gasteiger charge is 2.24. The van der Waals surface area contributed by atoms with E-state index in [1.165, 1.54) is 11.6 Å². The molecule has 0 unspecified atom stereocenters. The van der Waals surface area contributed by atoms with Gasteiger partial charge in [0.1, 0.15) is 16.2 Å². The molecular formula is C24H29N5O5S. The minimum Gasteiger partial charge on any atom is -0.462 e. The van der Waals surface area contributed by atoms with E-state index in [1.807, 2.05) is 27.7 Å². The van der Waals surface area contributed by atoms with Crippen molar-refractivity contribution in [2.24, 2.45) is 14.1 Å². The van der Waals surface area contributed by atoms with Gasteiger partial charge in [-0.15, -0.1) is 0 Å². The summed E-state index contributed by atoms with van der Waals surface area (Å²) in [5.74, 6) is -0.299. The van der Waals surface area contributed by atoms with Crippen LogP contribution in [0, 0.1) is 0 Å². The van der Waals surface area contributed by atoms with Crippen molar-refractivity contribution in [3.63, 3.8) is 0 Å². The van der Waals surface area contributed by atoms with Crippen molar-refractivity contribution in [1.29, 1.82) is 0 Å². The first-order valence-electron chi connectivity index (χ1n) is 11.1. The van der Waals surface area contributed by atoms with E-state index in [2.05, 4.69) is 15.3 Å². The van der Waals surface area contributed by atoms with E-state index >= 15 is 0 Å². The van der Waals surface area contributed by atoms with Crippen LogP contribution in [0.3, 0.4) is 0 Å². The number of esters is 1. The van der Waals surface area contributed by atoms with E-state index in [0.29, 0.717) is 28.7 Å². The Hall–Kier alpha value is -3.47. The van der Waals surface area contributed by atoms with E-state index in [4.69, 9.17) is 4.74 Å². The Bertz CT molecular complexity index is 1390. The fourth-order valence-corrected chi connectivity index (χ4v) is 3.98. The normalized spacial score (nSPS) is 11.5. The first-order valence-corrected chi connectivity index (χ1v) is 12.1. The third-order valence-corrected chi connectivity index (χ3v) is 6.09. The van der Waals surface area contributed by atoms with E-state index < -0.39 is 22.6 Å². The molecule has 1 amide bonds. The molecule has 0 spiro atoms. The van der Waals surface area contributed by atoms with Crippen LogP contribution >= 0.6 is 11.8 Å². The van der Waals surface area contributed by atoms with Gasteiger partial charge in [0.2, 0.25) is 5.91 Å². The number of anilines is 1. The fraction of sp³-hybridized carbons (Fsp3) is 0.417. The van der Waals surface area contributed by atoms with Crippen molar-refractivity contribution in [2.45, 2.75) is 44.6 Å². The zero-order chi connectivity index (χ0) is 25.9. The molecule has 35 heavy (non-hydrogen) atoms. The molecule has 0 aliphatic rings. The summed E-state index contributed by atoms with van der Waals surface area (Å²) in [6.07, 6.45) is 0.735. The van der Waals surface area contributed by atoms with Crippen molar-refractivity contribution in [3.05, 3.63) is 56.5 Å². The van der Waals surface area contributed by atoms with Crippen LogP contribution in [0.1, 0.15) is 50.3 Å². The summed E-state index contributed by atoms with van der Waals surface area (Å²) >= 11 is 1.10. The topological polar surface area (TPSA) is 125 Å². The number of carbonyl (C=O) groups is 2. The highest BCUT2D eigenvalue weighted by Crippen LogP contribution is 2.27. The van der Waals surface area contributed by atoms with Crippen LogP contribution in [-0.2, 0) is 29.0 Å². The Kier molecular flexibility index (Phi) is 7.79. The first kappa shape index (κ1) is 26.1. The summed E-state index contributed by atoms with van der Waals surface area (Å²) in [5, 5.41) is 3.29. The van der Waals surface area contributed by atoms with Crippen molar-refractivity contribution in [2.75, 3.05) is 17.7 Å². The molecule has 2 heterocycles. The SMILES string of the molecule is CCCOC(=O)c1ccc(NC(=O)CSc2nc(C(C)(C)C)nc3c2c(=O)n(C)c(=O)n3C)cc1. The lowest BCUT2D eigenvalue weighted by atomic mass is 9.96.